The van der Waals surface area contributed by atoms with Crippen molar-refractivity contribution < 1.29 is 9.63 Å². The zero-order chi connectivity index (χ0) is 20.4. The minimum atomic E-state index is -0.608. The van der Waals surface area contributed by atoms with E-state index >= 15 is 0 Å². The molecule has 4 aromatic rings. The Labute approximate surface area is 166 Å². The monoisotopic (exact) mass is 390 g/mol. The summed E-state index contributed by atoms with van der Waals surface area (Å²) in [5, 5.41) is 13.5. The third-order valence-corrected chi connectivity index (χ3v) is 4.20. The Kier molecular flexibility index (Phi) is 4.83. The Balaban J connectivity index is 1.65. The number of hydrogen-bond acceptors (Lipinski definition) is 10. The lowest BCUT2D eigenvalue weighted by Gasteiger charge is -2.17. The Hall–Kier alpha value is -3.92. The average Bonchev–Trinajstić information content (AvgIpc) is 3.24. The first kappa shape index (κ1) is 18.4. The van der Waals surface area contributed by atoms with Crippen LogP contribution in [-0.2, 0) is 0 Å². The summed E-state index contributed by atoms with van der Waals surface area (Å²) in [7, 11) is 1.82. The molecule has 0 saturated carbocycles. The van der Waals surface area contributed by atoms with E-state index in [2.05, 4.69) is 30.1 Å². The molecule has 3 N–H and O–H groups in total. The van der Waals surface area contributed by atoms with Crippen LogP contribution in [0.15, 0.2) is 53.2 Å². The molecule has 3 aromatic heterocycles. The number of nitrogen functional groups attached to an aromatic ring is 1. The Morgan fingerprint density at radius 3 is 2.48 bits per heavy atom. The molecule has 0 radical (unpaired) electrons. The lowest BCUT2D eigenvalue weighted by Crippen LogP contribution is -2.15. The molecule has 10 nitrogen and oxygen atoms in total. The number of para-hydroxylation sites is 1. The summed E-state index contributed by atoms with van der Waals surface area (Å²) in [6, 6.07) is 13.0. The molecule has 10 heteroatoms. The van der Waals surface area contributed by atoms with Gasteiger partial charge in [0.25, 0.3) is 5.89 Å². The highest BCUT2D eigenvalue weighted by Gasteiger charge is 2.18. The number of hydrogen-bond donors (Lipinski definition) is 2. The molecule has 3 heterocycles. The van der Waals surface area contributed by atoms with E-state index in [1.54, 1.807) is 30.2 Å². The highest BCUT2D eigenvalue weighted by molar-refractivity contribution is 5.59. The number of anilines is 3. The van der Waals surface area contributed by atoms with E-state index in [1.807, 2.05) is 37.4 Å². The van der Waals surface area contributed by atoms with Crippen molar-refractivity contribution in [1.82, 2.24) is 30.1 Å². The first-order chi connectivity index (χ1) is 14.0. The molecular formula is C19H18N8O2. The van der Waals surface area contributed by atoms with Crippen molar-refractivity contribution in [2.24, 2.45) is 0 Å². The Bertz CT molecular complexity index is 1110. The van der Waals surface area contributed by atoms with Gasteiger partial charge in [-0.1, -0.05) is 29.4 Å². The standard InChI is InChI=1S/C19H18N8O2/c1-11(28)12-8-9-14(21-10-12)17-22-16(26-29-17)15-23-18(20)25-19(24-15)27(2)13-6-4-3-5-7-13/h3-11,28H,1-2H3,(H2,20,23,24,25). The van der Waals surface area contributed by atoms with Gasteiger partial charge in [-0.05, 0) is 30.7 Å². The molecule has 0 spiro atoms. The average molecular weight is 390 g/mol. The molecule has 0 bridgehead atoms. The summed E-state index contributed by atoms with van der Waals surface area (Å²) in [4.78, 5) is 23.0. The molecular weight excluding hydrogens is 372 g/mol. The van der Waals surface area contributed by atoms with E-state index in [0.717, 1.165) is 5.69 Å². The topological polar surface area (TPSA) is 140 Å². The molecule has 1 aromatic carbocycles. The van der Waals surface area contributed by atoms with E-state index in [4.69, 9.17) is 10.3 Å². The molecule has 29 heavy (non-hydrogen) atoms. The van der Waals surface area contributed by atoms with Crippen LogP contribution in [0.1, 0.15) is 18.6 Å². The Morgan fingerprint density at radius 2 is 1.79 bits per heavy atom. The number of rotatable bonds is 5. The van der Waals surface area contributed by atoms with Crippen LogP contribution >= 0.6 is 0 Å². The van der Waals surface area contributed by atoms with Crippen molar-refractivity contribution >= 4 is 17.6 Å². The van der Waals surface area contributed by atoms with Crippen LogP contribution in [0.4, 0.5) is 17.6 Å². The minimum Gasteiger partial charge on any atom is -0.389 e. The van der Waals surface area contributed by atoms with E-state index in [-0.39, 0.29) is 23.5 Å². The molecule has 0 saturated heterocycles. The van der Waals surface area contributed by atoms with Crippen molar-refractivity contribution in [3.05, 3.63) is 54.2 Å². The fraction of sp³-hybridized carbons (Fsp3) is 0.158. The number of nitrogens with zero attached hydrogens (tertiary/aromatic N) is 7. The maximum atomic E-state index is 9.59. The quantitative estimate of drug-likeness (QED) is 0.522. The van der Waals surface area contributed by atoms with E-state index in [1.165, 1.54) is 0 Å². The van der Waals surface area contributed by atoms with Crippen molar-refractivity contribution in [3.8, 4) is 23.2 Å². The second-order valence-corrected chi connectivity index (χ2v) is 6.29. The first-order valence-electron chi connectivity index (χ1n) is 8.80. The maximum absolute atomic E-state index is 9.59. The van der Waals surface area contributed by atoms with Gasteiger partial charge < -0.3 is 20.3 Å². The van der Waals surface area contributed by atoms with Crippen molar-refractivity contribution in [2.45, 2.75) is 13.0 Å². The van der Waals surface area contributed by atoms with Crippen LogP contribution in [-0.4, -0.2) is 42.2 Å². The van der Waals surface area contributed by atoms with Crippen molar-refractivity contribution in [1.29, 1.82) is 0 Å². The van der Waals surface area contributed by atoms with E-state index in [9.17, 15) is 5.11 Å². The number of nitrogens with two attached hydrogens (primary N) is 1. The highest BCUT2D eigenvalue weighted by atomic mass is 16.5. The van der Waals surface area contributed by atoms with E-state index < -0.39 is 6.10 Å². The van der Waals surface area contributed by atoms with Crippen LogP contribution in [0.25, 0.3) is 23.2 Å². The second kappa shape index (κ2) is 7.60. The summed E-state index contributed by atoms with van der Waals surface area (Å²) in [6.45, 7) is 1.66. The molecule has 0 fully saturated rings. The third kappa shape index (κ3) is 3.87. The summed E-state index contributed by atoms with van der Waals surface area (Å²) in [5.74, 6) is 0.946. The summed E-state index contributed by atoms with van der Waals surface area (Å²) in [6.07, 6.45) is 0.945. The molecule has 1 atom stereocenters. The van der Waals surface area contributed by atoms with Gasteiger partial charge in [-0.25, -0.2) is 0 Å². The molecule has 1 unspecified atom stereocenters. The van der Waals surface area contributed by atoms with Gasteiger partial charge in [0.05, 0.1) is 6.10 Å². The third-order valence-electron chi connectivity index (χ3n) is 4.20. The van der Waals surface area contributed by atoms with Crippen LogP contribution in [0.3, 0.4) is 0 Å². The SMILES string of the molecule is CC(O)c1ccc(-c2nc(-c3nc(N)nc(N(C)c4ccccc4)n3)no2)nc1. The Morgan fingerprint density at radius 1 is 1.00 bits per heavy atom. The number of benzene rings is 1. The van der Waals surface area contributed by atoms with Gasteiger partial charge in [-0.3, -0.25) is 4.98 Å². The highest BCUT2D eigenvalue weighted by Crippen LogP contribution is 2.24. The van der Waals surface area contributed by atoms with Gasteiger partial charge in [-0.15, -0.1) is 0 Å². The summed E-state index contributed by atoms with van der Waals surface area (Å²) < 4.78 is 5.29. The largest absolute Gasteiger partial charge is 0.389 e. The number of aliphatic hydroxyl groups is 1. The van der Waals surface area contributed by atoms with Crippen LogP contribution in [0.5, 0.6) is 0 Å². The summed E-state index contributed by atoms with van der Waals surface area (Å²) in [5.41, 5.74) is 7.91. The van der Waals surface area contributed by atoms with Gasteiger partial charge in [0.1, 0.15) is 5.69 Å². The molecule has 0 aliphatic rings. The molecule has 4 rings (SSSR count). The van der Waals surface area contributed by atoms with Gasteiger partial charge in [0.2, 0.25) is 23.5 Å². The first-order valence-corrected chi connectivity index (χ1v) is 8.80. The van der Waals surface area contributed by atoms with E-state index in [0.29, 0.717) is 17.2 Å². The molecule has 0 amide bonds. The van der Waals surface area contributed by atoms with Crippen LogP contribution < -0.4 is 10.6 Å². The lowest BCUT2D eigenvalue weighted by molar-refractivity contribution is 0.199. The number of aromatic nitrogens is 6. The predicted molar refractivity (Wildman–Crippen MR) is 106 cm³/mol. The number of pyridine rings is 1. The summed E-state index contributed by atoms with van der Waals surface area (Å²) >= 11 is 0. The van der Waals surface area contributed by atoms with Gasteiger partial charge in [-0.2, -0.15) is 19.9 Å². The number of aliphatic hydroxyl groups excluding tert-OH is 1. The van der Waals surface area contributed by atoms with Crippen molar-refractivity contribution in [3.63, 3.8) is 0 Å². The smallest absolute Gasteiger partial charge is 0.276 e. The fourth-order valence-corrected chi connectivity index (χ4v) is 2.60. The van der Waals surface area contributed by atoms with Gasteiger partial charge >= 0.3 is 0 Å². The lowest BCUT2D eigenvalue weighted by atomic mass is 10.2. The maximum Gasteiger partial charge on any atom is 0.276 e. The molecule has 146 valence electrons. The second-order valence-electron chi connectivity index (χ2n) is 6.29. The predicted octanol–water partition coefficient (Wildman–Crippen LogP) is 2.39. The van der Waals surface area contributed by atoms with Gasteiger partial charge in [0.15, 0.2) is 0 Å². The van der Waals surface area contributed by atoms with Crippen LogP contribution in [0.2, 0.25) is 0 Å². The van der Waals surface area contributed by atoms with Crippen molar-refractivity contribution in [2.75, 3.05) is 17.7 Å². The normalized spacial score (nSPS) is 12.0. The molecule has 0 aliphatic heterocycles. The zero-order valence-corrected chi connectivity index (χ0v) is 15.8. The van der Waals surface area contributed by atoms with Crippen LogP contribution in [0, 0.1) is 0 Å². The minimum absolute atomic E-state index is 0.0403. The zero-order valence-electron chi connectivity index (χ0n) is 15.8. The fourth-order valence-electron chi connectivity index (χ4n) is 2.60. The molecule has 0 aliphatic carbocycles. The van der Waals surface area contributed by atoms with Gasteiger partial charge in [0, 0.05) is 18.9 Å².